The lowest BCUT2D eigenvalue weighted by atomic mass is 9.60. The van der Waals surface area contributed by atoms with Gasteiger partial charge in [0.2, 0.25) is 5.91 Å². The summed E-state index contributed by atoms with van der Waals surface area (Å²) in [6.45, 7) is 8.14. The van der Waals surface area contributed by atoms with Crippen LogP contribution in [0.5, 0.6) is 11.5 Å². The van der Waals surface area contributed by atoms with Gasteiger partial charge in [-0.1, -0.05) is 13.8 Å². The predicted octanol–water partition coefficient (Wildman–Crippen LogP) is 2.80. The summed E-state index contributed by atoms with van der Waals surface area (Å²) in [5, 5.41) is 6.32. The number of nitrogens with one attached hydrogen (secondary N) is 2. The largest absolute Gasteiger partial charge is 0.497 e. The maximum Gasteiger partial charge on any atom is 0.258 e. The maximum atomic E-state index is 12.9. The lowest BCUT2D eigenvalue weighted by Crippen LogP contribution is -2.66. The van der Waals surface area contributed by atoms with Crippen molar-refractivity contribution in [3.05, 3.63) is 23.8 Å². The van der Waals surface area contributed by atoms with Crippen LogP contribution in [-0.2, 0) is 4.79 Å². The van der Waals surface area contributed by atoms with Crippen LogP contribution >= 0.6 is 0 Å². The number of nitrogens with zero attached hydrogens (tertiary/aromatic N) is 1. The molecule has 1 heterocycles. The van der Waals surface area contributed by atoms with Crippen LogP contribution in [0.3, 0.4) is 0 Å². The number of amides is 2. The summed E-state index contributed by atoms with van der Waals surface area (Å²) in [6, 6.07) is 5.30. The van der Waals surface area contributed by atoms with E-state index in [2.05, 4.69) is 29.4 Å². The summed E-state index contributed by atoms with van der Waals surface area (Å²) < 4.78 is 11.7. The maximum absolute atomic E-state index is 12.9. The zero-order chi connectivity index (χ0) is 22.0. The van der Waals surface area contributed by atoms with Crippen molar-refractivity contribution in [2.45, 2.75) is 51.7 Å². The number of benzene rings is 1. The average molecular weight is 430 g/mol. The molecule has 1 aromatic rings. The van der Waals surface area contributed by atoms with Crippen LogP contribution < -0.4 is 20.1 Å². The topological polar surface area (TPSA) is 79.9 Å². The highest BCUT2D eigenvalue weighted by Gasteiger charge is 2.57. The molecule has 31 heavy (non-hydrogen) atoms. The minimum absolute atomic E-state index is 0.00466. The van der Waals surface area contributed by atoms with Crippen molar-refractivity contribution in [1.82, 2.24) is 15.5 Å². The molecule has 7 heteroatoms. The summed E-state index contributed by atoms with van der Waals surface area (Å²) in [7, 11) is 1.61. The van der Waals surface area contributed by atoms with Crippen LogP contribution in [0.4, 0.5) is 0 Å². The Morgan fingerprint density at radius 1 is 1.32 bits per heavy atom. The number of carbonyl (C=O) groups excluding carboxylic acids is 2. The van der Waals surface area contributed by atoms with Crippen molar-refractivity contribution in [1.29, 1.82) is 0 Å². The van der Waals surface area contributed by atoms with E-state index in [1.54, 1.807) is 25.3 Å². The third-order valence-corrected chi connectivity index (χ3v) is 7.45. The molecular weight excluding hydrogens is 394 g/mol. The highest BCUT2D eigenvalue weighted by molar-refractivity contribution is 5.98. The number of hydrogen-bond donors (Lipinski definition) is 2. The second kappa shape index (κ2) is 9.07. The lowest BCUT2D eigenvalue weighted by Gasteiger charge is -2.55. The highest BCUT2D eigenvalue weighted by Crippen LogP contribution is 2.52. The average Bonchev–Trinajstić information content (AvgIpc) is 2.78. The van der Waals surface area contributed by atoms with Gasteiger partial charge in [-0.3, -0.25) is 9.59 Å². The summed E-state index contributed by atoms with van der Waals surface area (Å²) in [5.41, 5.74) is -0.172. The Labute approximate surface area is 184 Å². The SMILES string of the molecule is CCN(CC)CCCNC(=O)[C@@H]1C[C@H]2CC[C@@H]1C[C@@]21NC(=O)c2ccc(OC)cc2O1. The Morgan fingerprint density at radius 2 is 2.13 bits per heavy atom. The smallest absolute Gasteiger partial charge is 0.258 e. The standard InChI is InChI=1S/C24H35N3O4/c1-4-27(5-2)12-6-11-25-22(28)20-13-17-8-7-16(20)15-24(17)26-23(29)19-10-9-18(30-3)14-21(19)31-24/h9-10,14,16-17,20H,4-8,11-13,15H2,1-3H3,(H,25,28)(H,26,29)/t16-,17-,20-,24+/m1/s1. The van der Waals surface area contributed by atoms with Gasteiger partial charge in [-0.2, -0.15) is 0 Å². The predicted molar refractivity (Wildman–Crippen MR) is 118 cm³/mol. The molecule has 0 unspecified atom stereocenters. The fraction of sp³-hybridized carbons (Fsp3) is 0.667. The van der Waals surface area contributed by atoms with Crippen molar-refractivity contribution in [2.24, 2.45) is 17.8 Å². The number of rotatable bonds is 8. The van der Waals surface area contributed by atoms with Gasteiger partial charge in [0.25, 0.3) is 5.91 Å². The van der Waals surface area contributed by atoms with Crippen LogP contribution in [0.2, 0.25) is 0 Å². The van der Waals surface area contributed by atoms with Crippen molar-refractivity contribution in [2.75, 3.05) is 33.3 Å². The number of fused-ring (bicyclic) bond motifs is 3. The first-order valence-corrected chi connectivity index (χ1v) is 11.7. The third kappa shape index (κ3) is 4.25. The number of hydrogen-bond acceptors (Lipinski definition) is 5. The van der Waals surface area contributed by atoms with Gasteiger partial charge in [0.15, 0.2) is 5.72 Å². The van der Waals surface area contributed by atoms with E-state index >= 15 is 0 Å². The van der Waals surface area contributed by atoms with Crippen LogP contribution in [0.1, 0.15) is 56.3 Å². The fourth-order valence-electron chi connectivity index (χ4n) is 5.62. The molecule has 4 atom stereocenters. The number of methoxy groups -OCH3 is 1. The van der Waals surface area contributed by atoms with E-state index in [1.807, 2.05) is 0 Å². The van der Waals surface area contributed by atoms with Crippen LogP contribution in [0.25, 0.3) is 0 Å². The quantitative estimate of drug-likeness (QED) is 0.621. The van der Waals surface area contributed by atoms with E-state index in [-0.39, 0.29) is 29.6 Å². The van der Waals surface area contributed by atoms with E-state index in [1.165, 1.54) is 0 Å². The van der Waals surface area contributed by atoms with Crippen molar-refractivity contribution in [3.8, 4) is 11.5 Å². The minimum atomic E-state index is -0.709. The van der Waals surface area contributed by atoms with Crippen molar-refractivity contribution in [3.63, 3.8) is 0 Å². The van der Waals surface area contributed by atoms with Crippen molar-refractivity contribution < 1.29 is 19.1 Å². The normalized spacial score (nSPS) is 28.8. The Kier molecular flexibility index (Phi) is 6.42. The van der Waals surface area contributed by atoms with Gasteiger partial charge in [-0.15, -0.1) is 0 Å². The van der Waals surface area contributed by atoms with E-state index in [9.17, 15) is 9.59 Å². The molecule has 2 amide bonds. The molecule has 1 aliphatic heterocycles. The molecule has 2 bridgehead atoms. The minimum Gasteiger partial charge on any atom is -0.497 e. The van der Waals surface area contributed by atoms with Gasteiger partial charge < -0.3 is 25.0 Å². The van der Waals surface area contributed by atoms with Crippen LogP contribution in [-0.4, -0.2) is 55.7 Å². The lowest BCUT2D eigenvalue weighted by molar-refractivity contribution is -0.146. The summed E-state index contributed by atoms with van der Waals surface area (Å²) in [5.74, 6) is 1.67. The molecule has 0 radical (unpaired) electrons. The molecule has 170 valence electrons. The monoisotopic (exact) mass is 429 g/mol. The summed E-state index contributed by atoms with van der Waals surface area (Å²) >= 11 is 0. The molecule has 0 saturated heterocycles. The van der Waals surface area contributed by atoms with E-state index < -0.39 is 5.72 Å². The zero-order valence-electron chi connectivity index (χ0n) is 18.9. The second-order valence-corrected chi connectivity index (χ2v) is 9.06. The fourth-order valence-corrected chi connectivity index (χ4v) is 5.62. The molecule has 7 nitrogen and oxygen atoms in total. The molecule has 1 aromatic carbocycles. The Balaban J connectivity index is 1.39. The third-order valence-electron chi connectivity index (χ3n) is 7.45. The van der Waals surface area contributed by atoms with Gasteiger partial charge in [0.05, 0.1) is 12.7 Å². The molecular formula is C24H35N3O4. The highest BCUT2D eigenvalue weighted by atomic mass is 16.5. The van der Waals surface area contributed by atoms with Gasteiger partial charge in [0.1, 0.15) is 11.5 Å². The number of carbonyl (C=O) groups is 2. The first-order valence-electron chi connectivity index (χ1n) is 11.7. The number of ether oxygens (including phenoxy) is 2. The van der Waals surface area contributed by atoms with Gasteiger partial charge >= 0.3 is 0 Å². The molecule has 1 spiro atoms. The molecule has 3 aliphatic carbocycles. The van der Waals surface area contributed by atoms with E-state index in [4.69, 9.17) is 9.47 Å². The summed E-state index contributed by atoms with van der Waals surface area (Å²) in [4.78, 5) is 28.1. The van der Waals surface area contributed by atoms with Gasteiger partial charge in [0, 0.05) is 30.9 Å². The van der Waals surface area contributed by atoms with E-state index in [0.29, 0.717) is 23.5 Å². The Morgan fingerprint density at radius 3 is 2.81 bits per heavy atom. The molecule has 5 rings (SSSR count). The molecule has 3 fully saturated rings. The molecule has 4 aliphatic rings. The first kappa shape index (κ1) is 21.9. The van der Waals surface area contributed by atoms with E-state index in [0.717, 1.165) is 51.9 Å². The Bertz CT molecular complexity index is 825. The zero-order valence-corrected chi connectivity index (χ0v) is 18.9. The molecule has 0 aromatic heterocycles. The van der Waals surface area contributed by atoms with Crippen LogP contribution in [0.15, 0.2) is 18.2 Å². The second-order valence-electron chi connectivity index (χ2n) is 9.06. The summed E-state index contributed by atoms with van der Waals surface area (Å²) in [6.07, 6.45) is 4.38. The molecule has 2 N–H and O–H groups in total. The van der Waals surface area contributed by atoms with Crippen molar-refractivity contribution >= 4 is 11.8 Å². The van der Waals surface area contributed by atoms with Crippen LogP contribution in [0, 0.1) is 17.8 Å². The molecule has 3 saturated carbocycles. The first-order chi connectivity index (χ1) is 15.0. The van der Waals surface area contributed by atoms with Gasteiger partial charge in [-0.25, -0.2) is 0 Å². The Hall–Kier alpha value is -2.28. The van der Waals surface area contributed by atoms with Gasteiger partial charge in [-0.05, 0) is 63.4 Å².